The number of non-ortho nitro benzene ring substituents is 1. The van der Waals surface area contributed by atoms with Gasteiger partial charge < -0.3 is 0 Å². The second-order valence-electron chi connectivity index (χ2n) is 2.74. The zero-order chi connectivity index (χ0) is 10.6. The molecule has 3 nitrogen and oxygen atoms in total. The summed E-state index contributed by atoms with van der Waals surface area (Å²) in [5, 5.41) is 10.7. The molecule has 0 N–H and O–H groups in total. The number of nitro groups is 1. The largest absolute Gasteiger partial charge is 0.269 e. The minimum absolute atomic E-state index is 0.127. The zero-order valence-corrected chi connectivity index (χ0v) is 9.31. The molecule has 0 aromatic heterocycles. The van der Waals surface area contributed by atoms with Crippen molar-refractivity contribution in [2.45, 2.75) is 17.1 Å². The molecule has 0 aliphatic heterocycles. The lowest BCUT2D eigenvalue weighted by molar-refractivity contribution is -0.384. The van der Waals surface area contributed by atoms with E-state index in [1.165, 1.54) is 12.1 Å². The Bertz CT molecular complexity index is 311. The molecule has 0 saturated carbocycles. The van der Waals surface area contributed by atoms with Crippen LogP contribution < -0.4 is 0 Å². The molecule has 0 unspecified atom stereocenters. The first-order valence-corrected chi connectivity index (χ1v) is 6.22. The van der Waals surface area contributed by atoms with Gasteiger partial charge in [-0.3, -0.25) is 10.1 Å². The van der Waals surface area contributed by atoms with Crippen LogP contribution in [-0.4, -0.2) is 10.2 Å². The molecule has 5 heteroatoms. The van der Waals surface area contributed by atoms with Crippen molar-refractivity contribution in [3.8, 4) is 0 Å². The zero-order valence-electron chi connectivity index (χ0n) is 7.67. The van der Waals surface area contributed by atoms with E-state index in [4.69, 9.17) is 0 Å². The Balaban J connectivity index is 2.60. The summed E-state index contributed by atoms with van der Waals surface area (Å²) in [6.45, 7) is 5.84. The van der Waals surface area contributed by atoms with Crippen LogP contribution in [0.2, 0.25) is 0 Å². The van der Waals surface area contributed by atoms with Gasteiger partial charge in [0.2, 0.25) is 0 Å². The van der Waals surface area contributed by atoms with Crippen LogP contribution in [0.15, 0.2) is 29.2 Å². The maximum Gasteiger partial charge on any atom is 0.269 e. The van der Waals surface area contributed by atoms with Gasteiger partial charge in [0.05, 0.1) is 4.92 Å². The third kappa shape index (κ3) is 3.59. The molecular weight excluding hydrogens is 218 g/mol. The minimum atomic E-state index is -0.397. The predicted molar refractivity (Wildman–Crippen MR) is 61.4 cm³/mol. The number of hydrogen-bond acceptors (Lipinski definition) is 4. The molecule has 0 aliphatic carbocycles. The van der Waals surface area contributed by atoms with Crippen molar-refractivity contribution in [1.82, 2.24) is 0 Å². The van der Waals surface area contributed by atoms with Gasteiger partial charge in [-0.1, -0.05) is 28.5 Å². The van der Waals surface area contributed by atoms with E-state index in [0.717, 1.165) is 4.90 Å². The van der Waals surface area contributed by atoms with Gasteiger partial charge in [0.1, 0.15) is 0 Å². The highest BCUT2D eigenvalue weighted by Crippen LogP contribution is 2.34. The number of benzene rings is 1. The molecule has 1 rings (SSSR count). The number of hydrogen-bond donors (Lipinski definition) is 0. The maximum atomic E-state index is 10.4. The normalized spacial score (nSPS) is 10.5. The fourth-order valence-corrected chi connectivity index (χ4v) is 2.44. The van der Waals surface area contributed by atoms with E-state index < -0.39 is 4.92 Å². The molecule has 1 radical (unpaired) electrons. The highest BCUT2D eigenvalue weighted by molar-refractivity contribution is 8.77. The molecule has 0 bridgehead atoms. The van der Waals surface area contributed by atoms with E-state index in [1.807, 2.05) is 6.92 Å². The smallest absolute Gasteiger partial charge is 0.258 e. The summed E-state index contributed by atoms with van der Waals surface area (Å²) in [5.41, 5.74) is 0.127. The van der Waals surface area contributed by atoms with Crippen LogP contribution in [0.4, 0.5) is 5.69 Å². The van der Waals surface area contributed by atoms with Crippen LogP contribution in [0.5, 0.6) is 0 Å². The van der Waals surface area contributed by atoms with Gasteiger partial charge in [0, 0.05) is 22.3 Å². The Morgan fingerprint density at radius 2 is 2.00 bits per heavy atom. The molecule has 0 fully saturated rings. The van der Waals surface area contributed by atoms with Gasteiger partial charge >= 0.3 is 0 Å². The fraction of sp³-hybridized carbons (Fsp3) is 0.222. The molecule has 75 valence electrons. The van der Waals surface area contributed by atoms with Gasteiger partial charge in [0.15, 0.2) is 0 Å². The number of rotatable bonds is 4. The molecule has 0 spiro atoms. The van der Waals surface area contributed by atoms with Crippen molar-refractivity contribution in [1.29, 1.82) is 0 Å². The Morgan fingerprint density at radius 1 is 1.43 bits per heavy atom. The number of nitro benzene ring substituents is 1. The lowest BCUT2D eigenvalue weighted by Gasteiger charge is -2.02. The highest BCUT2D eigenvalue weighted by Gasteiger charge is 2.04. The van der Waals surface area contributed by atoms with Crippen molar-refractivity contribution in [2.24, 2.45) is 0 Å². The molecule has 14 heavy (non-hydrogen) atoms. The summed E-state index contributed by atoms with van der Waals surface area (Å²) in [7, 11) is 3.21. The number of nitrogens with zero attached hydrogens (tertiary/aromatic N) is 1. The summed E-state index contributed by atoms with van der Waals surface area (Å²) in [6.07, 6.45) is 0. The first-order valence-electron chi connectivity index (χ1n) is 4.00. The second-order valence-corrected chi connectivity index (χ2v) is 5.45. The van der Waals surface area contributed by atoms with Crippen molar-refractivity contribution in [3.63, 3.8) is 0 Å². The Kier molecular flexibility index (Phi) is 4.28. The summed E-state index contributed by atoms with van der Waals surface area (Å²) in [4.78, 5) is 11.0. The lowest BCUT2D eigenvalue weighted by Crippen LogP contribution is -1.86. The first kappa shape index (κ1) is 11.4. The van der Waals surface area contributed by atoms with Crippen molar-refractivity contribution in [3.05, 3.63) is 41.3 Å². The monoisotopic (exact) mass is 228 g/mol. The molecule has 0 aliphatic rings. The van der Waals surface area contributed by atoms with Gasteiger partial charge in [-0.2, -0.15) is 0 Å². The standard InChI is InChI=1S/C9H10NO2S2/c1-7(2)13-14-9-5-3-8(4-6-9)10(11)12/h3-7H,1H2,2H3/t7-/m1/s1. The van der Waals surface area contributed by atoms with E-state index in [0.29, 0.717) is 5.25 Å². The van der Waals surface area contributed by atoms with Crippen LogP contribution in [0.1, 0.15) is 6.92 Å². The van der Waals surface area contributed by atoms with Crippen LogP contribution in [0, 0.1) is 17.0 Å². The molecule has 1 aromatic rings. The van der Waals surface area contributed by atoms with Crippen LogP contribution in [-0.2, 0) is 0 Å². The Labute approximate surface area is 90.8 Å². The van der Waals surface area contributed by atoms with E-state index in [-0.39, 0.29) is 5.69 Å². The predicted octanol–water partition coefficient (Wildman–Crippen LogP) is 3.56. The molecule has 0 amide bonds. The third-order valence-electron chi connectivity index (χ3n) is 1.36. The third-order valence-corrected chi connectivity index (χ3v) is 4.10. The molecule has 0 saturated heterocycles. The average Bonchev–Trinajstić information content (AvgIpc) is 2.15. The summed E-state index contributed by atoms with van der Waals surface area (Å²) >= 11 is 0. The minimum Gasteiger partial charge on any atom is -0.258 e. The van der Waals surface area contributed by atoms with Crippen molar-refractivity contribution >= 4 is 27.3 Å². The van der Waals surface area contributed by atoms with Gasteiger partial charge in [0.25, 0.3) is 5.69 Å². The Morgan fingerprint density at radius 3 is 2.43 bits per heavy atom. The summed E-state index contributed by atoms with van der Waals surface area (Å²) in [5.74, 6) is 0. The van der Waals surface area contributed by atoms with E-state index in [1.54, 1.807) is 33.7 Å². The first-order chi connectivity index (χ1) is 6.59. The lowest BCUT2D eigenvalue weighted by atomic mass is 10.3. The molecule has 1 atom stereocenters. The summed E-state index contributed by atoms with van der Waals surface area (Å²) in [6, 6.07) is 6.52. The van der Waals surface area contributed by atoms with E-state index in [2.05, 4.69) is 6.92 Å². The maximum absolute atomic E-state index is 10.4. The van der Waals surface area contributed by atoms with Crippen LogP contribution in [0.3, 0.4) is 0 Å². The van der Waals surface area contributed by atoms with Gasteiger partial charge in [-0.25, -0.2) is 0 Å². The Hall–Kier alpha value is -0.680. The SMILES string of the molecule is [CH2][C@H](C)SSc1ccc([N+](=O)[O-])cc1. The van der Waals surface area contributed by atoms with Crippen LogP contribution in [0.25, 0.3) is 0 Å². The molecule has 0 heterocycles. The van der Waals surface area contributed by atoms with E-state index >= 15 is 0 Å². The molecular formula is C9H10NO2S2. The summed E-state index contributed by atoms with van der Waals surface area (Å²) < 4.78 is 0. The van der Waals surface area contributed by atoms with Crippen molar-refractivity contribution < 1.29 is 4.92 Å². The quantitative estimate of drug-likeness (QED) is 0.449. The fourth-order valence-electron chi connectivity index (χ4n) is 0.761. The van der Waals surface area contributed by atoms with Crippen LogP contribution >= 0.6 is 21.6 Å². The van der Waals surface area contributed by atoms with Gasteiger partial charge in [-0.05, 0) is 19.1 Å². The molecule has 1 aromatic carbocycles. The topological polar surface area (TPSA) is 43.1 Å². The van der Waals surface area contributed by atoms with E-state index in [9.17, 15) is 10.1 Å². The average molecular weight is 228 g/mol. The second kappa shape index (κ2) is 5.26. The van der Waals surface area contributed by atoms with Gasteiger partial charge in [-0.15, -0.1) is 0 Å². The highest BCUT2D eigenvalue weighted by atomic mass is 33.1. The van der Waals surface area contributed by atoms with Crippen molar-refractivity contribution in [2.75, 3.05) is 0 Å².